The Morgan fingerprint density at radius 2 is 2.00 bits per heavy atom. The van der Waals surface area contributed by atoms with Crippen LogP contribution < -0.4 is 0 Å². The first-order chi connectivity index (χ1) is 8.24. The molecule has 1 aliphatic carbocycles. The Kier molecular flexibility index (Phi) is 2.56. The Bertz CT molecular complexity index is 552. The molecule has 1 aromatic heterocycles. The van der Waals surface area contributed by atoms with Crippen LogP contribution in [0.2, 0.25) is 0 Å². The lowest BCUT2D eigenvalue weighted by molar-refractivity contribution is 0.101. The summed E-state index contributed by atoms with van der Waals surface area (Å²) in [5, 5.41) is 1.26. The molecule has 2 nitrogen and oxygen atoms in total. The molecule has 17 heavy (non-hydrogen) atoms. The van der Waals surface area contributed by atoms with E-state index in [0.717, 1.165) is 11.1 Å². The van der Waals surface area contributed by atoms with E-state index in [2.05, 4.69) is 4.98 Å². The lowest BCUT2D eigenvalue weighted by Crippen LogP contribution is -1.90. The predicted octanol–water partition coefficient (Wildman–Crippen LogP) is 3.89. The fraction of sp³-hybridized carbons (Fsp3) is 0.286. The second-order valence-corrected chi connectivity index (χ2v) is 5.53. The number of rotatable bonds is 3. The summed E-state index contributed by atoms with van der Waals surface area (Å²) in [4.78, 5) is 16.8. The van der Waals surface area contributed by atoms with E-state index in [0.29, 0.717) is 5.92 Å². The minimum Gasteiger partial charge on any atom is -0.295 e. The van der Waals surface area contributed by atoms with Gasteiger partial charge in [-0.05, 0) is 25.3 Å². The molecule has 1 saturated carbocycles. The maximum absolute atomic E-state index is 11.2. The van der Waals surface area contributed by atoms with Gasteiger partial charge >= 0.3 is 0 Å². The molecule has 1 aromatic carbocycles. The summed E-state index contributed by atoms with van der Waals surface area (Å²) in [5.74, 6) is 0.824. The summed E-state index contributed by atoms with van der Waals surface area (Å²) in [6.07, 6.45) is 4.52. The number of hydrogen-bond acceptors (Lipinski definition) is 3. The highest BCUT2D eigenvalue weighted by Gasteiger charge is 2.26. The third-order valence-corrected chi connectivity index (χ3v) is 4.24. The SMILES string of the molecule is CC(=O)c1ccc(-c2cnc(C3CC3)s2)cc1. The van der Waals surface area contributed by atoms with Gasteiger partial charge in [-0.15, -0.1) is 11.3 Å². The third-order valence-electron chi connectivity index (χ3n) is 3.03. The zero-order valence-electron chi connectivity index (χ0n) is 9.64. The van der Waals surface area contributed by atoms with Gasteiger partial charge in [0.25, 0.3) is 0 Å². The van der Waals surface area contributed by atoms with Gasteiger partial charge in [0, 0.05) is 17.7 Å². The Balaban J connectivity index is 1.89. The van der Waals surface area contributed by atoms with Crippen molar-refractivity contribution in [2.75, 3.05) is 0 Å². The summed E-state index contributed by atoms with van der Waals surface area (Å²) in [7, 11) is 0. The van der Waals surface area contributed by atoms with E-state index in [1.165, 1.54) is 22.7 Å². The molecule has 1 heterocycles. The summed E-state index contributed by atoms with van der Waals surface area (Å²) in [6.45, 7) is 1.59. The van der Waals surface area contributed by atoms with E-state index < -0.39 is 0 Å². The average Bonchev–Trinajstić information content (AvgIpc) is 3.07. The zero-order valence-corrected chi connectivity index (χ0v) is 10.5. The monoisotopic (exact) mass is 243 g/mol. The molecular formula is C14H13NOS. The van der Waals surface area contributed by atoms with Crippen molar-refractivity contribution >= 4 is 17.1 Å². The lowest BCUT2D eigenvalue weighted by atomic mass is 10.1. The standard InChI is InChI=1S/C14H13NOS/c1-9(16)10-2-4-11(5-3-10)13-8-15-14(17-13)12-6-7-12/h2-5,8,12H,6-7H2,1H3. The first kappa shape index (κ1) is 10.7. The van der Waals surface area contributed by atoms with E-state index in [-0.39, 0.29) is 5.78 Å². The number of hydrogen-bond donors (Lipinski definition) is 0. The topological polar surface area (TPSA) is 30.0 Å². The zero-order chi connectivity index (χ0) is 11.8. The molecule has 2 aromatic rings. The smallest absolute Gasteiger partial charge is 0.159 e. The van der Waals surface area contributed by atoms with Crippen molar-refractivity contribution in [3.8, 4) is 10.4 Å². The quantitative estimate of drug-likeness (QED) is 0.765. The van der Waals surface area contributed by atoms with Crippen molar-refractivity contribution in [2.24, 2.45) is 0 Å². The van der Waals surface area contributed by atoms with Crippen LogP contribution in [-0.4, -0.2) is 10.8 Å². The average molecular weight is 243 g/mol. The Labute approximate surface area is 104 Å². The van der Waals surface area contributed by atoms with Crippen LogP contribution in [-0.2, 0) is 0 Å². The Hall–Kier alpha value is -1.48. The van der Waals surface area contributed by atoms with Crippen molar-refractivity contribution in [2.45, 2.75) is 25.7 Å². The summed E-state index contributed by atoms with van der Waals surface area (Å²) < 4.78 is 0. The maximum atomic E-state index is 11.2. The number of ketones is 1. The van der Waals surface area contributed by atoms with Gasteiger partial charge in [0.15, 0.2) is 5.78 Å². The first-order valence-corrected chi connectivity index (χ1v) is 6.63. The molecule has 86 valence electrons. The van der Waals surface area contributed by atoms with Crippen LogP contribution >= 0.6 is 11.3 Å². The minimum absolute atomic E-state index is 0.111. The second kappa shape index (κ2) is 4.08. The van der Waals surface area contributed by atoms with Crippen LogP contribution in [0.25, 0.3) is 10.4 Å². The molecule has 0 atom stereocenters. The van der Waals surface area contributed by atoms with Crippen LogP contribution in [0.15, 0.2) is 30.5 Å². The molecule has 0 aliphatic heterocycles. The molecule has 0 spiro atoms. The largest absolute Gasteiger partial charge is 0.295 e. The van der Waals surface area contributed by atoms with Crippen LogP contribution in [0.4, 0.5) is 0 Å². The second-order valence-electron chi connectivity index (χ2n) is 4.47. The lowest BCUT2D eigenvalue weighted by Gasteiger charge is -1.98. The first-order valence-electron chi connectivity index (χ1n) is 5.81. The van der Waals surface area contributed by atoms with Gasteiger partial charge in [0.05, 0.1) is 9.88 Å². The molecule has 3 heteroatoms. The number of aromatic nitrogens is 1. The molecule has 0 bridgehead atoms. The summed E-state index contributed by atoms with van der Waals surface area (Å²) in [5.41, 5.74) is 1.92. The molecule has 0 amide bonds. The van der Waals surface area contributed by atoms with Crippen molar-refractivity contribution in [3.05, 3.63) is 41.0 Å². The fourth-order valence-corrected chi connectivity index (χ4v) is 2.90. The van der Waals surface area contributed by atoms with Crippen LogP contribution in [0, 0.1) is 0 Å². The molecule has 0 N–H and O–H groups in total. The number of carbonyl (C=O) groups excluding carboxylic acids is 1. The van der Waals surface area contributed by atoms with Crippen molar-refractivity contribution in [1.82, 2.24) is 4.98 Å². The highest BCUT2D eigenvalue weighted by atomic mass is 32.1. The highest BCUT2D eigenvalue weighted by Crippen LogP contribution is 2.43. The Morgan fingerprint density at radius 3 is 2.59 bits per heavy atom. The van der Waals surface area contributed by atoms with Crippen molar-refractivity contribution in [3.63, 3.8) is 0 Å². The van der Waals surface area contributed by atoms with E-state index in [1.807, 2.05) is 30.5 Å². The summed E-state index contributed by atoms with van der Waals surface area (Å²) in [6, 6.07) is 7.77. The van der Waals surface area contributed by atoms with E-state index in [1.54, 1.807) is 18.3 Å². The normalized spacial score (nSPS) is 14.9. The maximum Gasteiger partial charge on any atom is 0.159 e. The minimum atomic E-state index is 0.111. The molecule has 0 radical (unpaired) electrons. The number of benzene rings is 1. The molecule has 1 aliphatic rings. The number of Topliss-reactive ketones (excluding diaryl/α,β-unsaturated/α-hetero) is 1. The van der Waals surface area contributed by atoms with Gasteiger partial charge in [-0.25, -0.2) is 4.98 Å². The Morgan fingerprint density at radius 1 is 1.29 bits per heavy atom. The molecule has 3 rings (SSSR count). The van der Waals surface area contributed by atoms with Gasteiger partial charge in [0.1, 0.15) is 0 Å². The van der Waals surface area contributed by atoms with Gasteiger partial charge in [-0.3, -0.25) is 4.79 Å². The van der Waals surface area contributed by atoms with Crippen molar-refractivity contribution < 1.29 is 4.79 Å². The van der Waals surface area contributed by atoms with E-state index >= 15 is 0 Å². The molecule has 0 unspecified atom stereocenters. The van der Waals surface area contributed by atoms with E-state index in [9.17, 15) is 4.79 Å². The number of thiazole rings is 1. The molecule has 1 fully saturated rings. The molecule has 0 saturated heterocycles. The van der Waals surface area contributed by atoms with Gasteiger partial charge in [-0.2, -0.15) is 0 Å². The van der Waals surface area contributed by atoms with Crippen LogP contribution in [0.1, 0.15) is 41.0 Å². The van der Waals surface area contributed by atoms with Gasteiger partial charge in [0.2, 0.25) is 0 Å². The van der Waals surface area contributed by atoms with Crippen molar-refractivity contribution in [1.29, 1.82) is 0 Å². The van der Waals surface area contributed by atoms with E-state index in [4.69, 9.17) is 0 Å². The number of nitrogens with zero attached hydrogens (tertiary/aromatic N) is 1. The van der Waals surface area contributed by atoms with Gasteiger partial charge in [-0.1, -0.05) is 24.3 Å². The highest BCUT2D eigenvalue weighted by molar-refractivity contribution is 7.15. The third kappa shape index (κ3) is 2.15. The van der Waals surface area contributed by atoms with Crippen LogP contribution in [0.3, 0.4) is 0 Å². The summed E-state index contributed by atoms with van der Waals surface area (Å²) >= 11 is 1.77. The predicted molar refractivity (Wildman–Crippen MR) is 69.5 cm³/mol. The fourth-order valence-electron chi connectivity index (χ4n) is 1.81. The number of carbonyl (C=O) groups is 1. The van der Waals surface area contributed by atoms with Crippen LogP contribution in [0.5, 0.6) is 0 Å². The molecular weight excluding hydrogens is 230 g/mol. The van der Waals surface area contributed by atoms with Gasteiger partial charge < -0.3 is 0 Å².